The lowest BCUT2D eigenvalue weighted by Gasteiger charge is -2.10. The van der Waals surface area contributed by atoms with Crippen LogP contribution in [0.15, 0.2) is 42.5 Å². The van der Waals surface area contributed by atoms with Gasteiger partial charge in [0.05, 0.1) is 18.2 Å². The second-order valence-corrected chi connectivity index (χ2v) is 5.36. The molecule has 7 heteroatoms. The second kappa shape index (κ2) is 6.43. The topological polar surface area (TPSA) is 60.7 Å². The standard InChI is InChI=1S/C18H15F2NO4/c1-10-16(17(22)23)14-9-13(25-18(19)20)7-8-15(14)21(10)11-3-5-12(24-2)6-4-11/h3-9,18H,1-2H3,(H,22,23). The van der Waals surface area contributed by atoms with Crippen LogP contribution in [0.2, 0.25) is 0 Å². The van der Waals surface area contributed by atoms with Gasteiger partial charge in [-0.25, -0.2) is 4.79 Å². The van der Waals surface area contributed by atoms with Crippen LogP contribution in [0.5, 0.6) is 11.5 Å². The number of rotatable bonds is 5. The van der Waals surface area contributed by atoms with Gasteiger partial charge in [-0.3, -0.25) is 0 Å². The van der Waals surface area contributed by atoms with Crippen molar-refractivity contribution in [2.24, 2.45) is 0 Å². The van der Waals surface area contributed by atoms with Gasteiger partial charge in [-0.2, -0.15) is 8.78 Å². The summed E-state index contributed by atoms with van der Waals surface area (Å²) in [4.78, 5) is 11.7. The molecule has 0 fully saturated rings. The number of carbonyl (C=O) groups is 1. The van der Waals surface area contributed by atoms with E-state index in [1.165, 1.54) is 12.1 Å². The minimum atomic E-state index is -2.98. The Hall–Kier alpha value is -3.09. The molecule has 0 bridgehead atoms. The number of alkyl halides is 2. The van der Waals surface area contributed by atoms with E-state index in [0.717, 1.165) is 5.69 Å². The van der Waals surface area contributed by atoms with Crippen molar-refractivity contribution in [1.29, 1.82) is 0 Å². The monoisotopic (exact) mass is 347 g/mol. The van der Waals surface area contributed by atoms with Gasteiger partial charge >= 0.3 is 12.6 Å². The van der Waals surface area contributed by atoms with E-state index < -0.39 is 12.6 Å². The fraction of sp³-hybridized carbons (Fsp3) is 0.167. The Morgan fingerprint density at radius 1 is 1.12 bits per heavy atom. The number of fused-ring (bicyclic) bond motifs is 1. The third-order valence-electron chi connectivity index (χ3n) is 3.95. The van der Waals surface area contributed by atoms with E-state index in [-0.39, 0.29) is 11.3 Å². The lowest BCUT2D eigenvalue weighted by molar-refractivity contribution is -0.0497. The summed E-state index contributed by atoms with van der Waals surface area (Å²) in [6.07, 6.45) is 0. The zero-order valence-electron chi connectivity index (χ0n) is 13.5. The zero-order chi connectivity index (χ0) is 18.1. The molecule has 3 aromatic rings. The van der Waals surface area contributed by atoms with E-state index >= 15 is 0 Å². The fourth-order valence-electron chi connectivity index (χ4n) is 2.91. The number of aromatic nitrogens is 1. The number of benzene rings is 2. The predicted molar refractivity (Wildman–Crippen MR) is 88.2 cm³/mol. The van der Waals surface area contributed by atoms with Crippen molar-refractivity contribution >= 4 is 16.9 Å². The summed E-state index contributed by atoms with van der Waals surface area (Å²) in [6.45, 7) is -1.31. The fourth-order valence-corrected chi connectivity index (χ4v) is 2.91. The summed E-state index contributed by atoms with van der Waals surface area (Å²) >= 11 is 0. The van der Waals surface area contributed by atoms with Crippen LogP contribution >= 0.6 is 0 Å². The molecule has 0 aliphatic heterocycles. The number of hydrogen-bond acceptors (Lipinski definition) is 3. The lowest BCUT2D eigenvalue weighted by atomic mass is 10.1. The molecule has 0 spiro atoms. The summed E-state index contributed by atoms with van der Waals surface area (Å²) < 4.78 is 36.2. The lowest BCUT2D eigenvalue weighted by Crippen LogP contribution is -2.02. The van der Waals surface area contributed by atoms with Crippen molar-refractivity contribution in [1.82, 2.24) is 4.57 Å². The average Bonchev–Trinajstić information content (AvgIpc) is 2.85. The summed E-state index contributed by atoms with van der Waals surface area (Å²) in [7, 11) is 1.55. The van der Waals surface area contributed by atoms with Crippen LogP contribution < -0.4 is 9.47 Å². The van der Waals surface area contributed by atoms with Gasteiger partial charge in [-0.05, 0) is 49.4 Å². The van der Waals surface area contributed by atoms with Crippen molar-refractivity contribution < 1.29 is 28.2 Å². The number of aromatic carboxylic acids is 1. The van der Waals surface area contributed by atoms with E-state index in [2.05, 4.69) is 4.74 Å². The summed E-state index contributed by atoms with van der Waals surface area (Å²) in [5, 5.41) is 9.89. The van der Waals surface area contributed by atoms with Crippen LogP contribution in [0.25, 0.3) is 16.6 Å². The highest BCUT2D eigenvalue weighted by atomic mass is 19.3. The largest absolute Gasteiger partial charge is 0.497 e. The Labute approximate surface area is 142 Å². The molecule has 0 radical (unpaired) electrons. The van der Waals surface area contributed by atoms with Gasteiger partial charge in [-0.1, -0.05) is 0 Å². The molecule has 0 aliphatic rings. The van der Waals surface area contributed by atoms with Crippen molar-refractivity contribution in [3.8, 4) is 17.2 Å². The first-order valence-electron chi connectivity index (χ1n) is 7.40. The quantitative estimate of drug-likeness (QED) is 0.750. The maximum Gasteiger partial charge on any atom is 0.387 e. The molecule has 0 saturated carbocycles. The van der Waals surface area contributed by atoms with Crippen LogP contribution in [0.1, 0.15) is 16.1 Å². The van der Waals surface area contributed by atoms with Crippen LogP contribution in [-0.4, -0.2) is 29.4 Å². The van der Waals surface area contributed by atoms with Gasteiger partial charge in [0.2, 0.25) is 0 Å². The van der Waals surface area contributed by atoms with E-state index in [4.69, 9.17) is 4.74 Å². The molecular weight excluding hydrogens is 332 g/mol. The minimum Gasteiger partial charge on any atom is -0.497 e. The summed E-state index contributed by atoms with van der Waals surface area (Å²) in [5.41, 5.74) is 1.85. The molecular formula is C18H15F2NO4. The van der Waals surface area contributed by atoms with Gasteiger partial charge in [0, 0.05) is 16.8 Å². The number of ether oxygens (including phenoxy) is 2. The van der Waals surface area contributed by atoms with E-state index in [1.54, 1.807) is 48.9 Å². The molecule has 0 saturated heterocycles. The Balaban J connectivity index is 2.24. The molecule has 0 unspecified atom stereocenters. The minimum absolute atomic E-state index is 0.0468. The van der Waals surface area contributed by atoms with Crippen LogP contribution in [0.4, 0.5) is 8.78 Å². The Bertz CT molecular complexity index is 932. The van der Waals surface area contributed by atoms with E-state index in [9.17, 15) is 18.7 Å². The Kier molecular flexibility index (Phi) is 4.31. The average molecular weight is 347 g/mol. The number of carboxylic acids is 1. The normalized spacial score (nSPS) is 11.1. The smallest absolute Gasteiger partial charge is 0.387 e. The molecule has 25 heavy (non-hydrogen) atoms. The number of carboxylic acid groups (broad SMARTS) is 1. The first kappa shape index (κ1) is 16.8. The highest BCUT2D eigenvalue weighted by molar-refractivity contribution is 6.06. The molecule has 0 atom stereocenters. The van der Waals surface area contributed by atoms with Crippen molar-refractivity contribution in [3.05, 3.63) is 53.7 Å². The summed E-state index contributed by atoms with van der Waals surface area (Å²) in [5.74, 6) is -0.551. The molecule has 0 amide bonds. The molecule has 3 rings (SSSR count). The van der Waals surface area contributed by atoms with Gasteiger partial charge in [-0.15, -0.1) is 0 Å². The van der Waals surface area contributed by atoms with Gasteiger partial charge in [0.25, 0.3) is 0 Å². The first-order chi connectivity index (χ1) is 11.9. The number of halogens is 2. The van der Waals surface area contributed by atoms with Crippen molar-refractivity contribution in [2.45, 2.75) is 13.5 Å². The second-order valence-electron chi connectivity index (χ2n) is 5.36. The highest BCUT2D eigenvalue weighted by Crippen LogP contribution is 2.33. The maximum atomic E-state index is 12.4. The molecule has 1 aromatic heterocycles. The molecule has 0 aliphatic carbocycles. The van der Waals surface area contributed by atoms with Gasteiger partial charge in [0.1, 0.15) is 11.5 Å². The van der Waals surface area contributed by atoms with E-state index in [0.29, 0.717) is 22.3 Å². The van der Waals surface area contributed by atoms with Gasteiger partial charge < -0.3 is 19.1 Å². The SMILES string of the molecule is COc1ccc(-n2c(C)c(C(=O)O)c3cc(OC(F)F)ccc32)cc1. The van der Waals surface area contributed by atoms with Crippen LogP contribution in [0.3, 0.4) is 0 Å². The molecule has 5 nitrogen and oxygen atoms in total. The van der Waals surface area contributed by atoms with Crippen LogP contribution in [0, 0.1) is 6.92 Å². The number of nitrogens with zero attached hydrogens (tertiary/aromatic N) is 1. The van der Waals surface area contributed by atoms with Gasteiger partial charge in [0.15, 0.2) is 0 Å². The third kappa shape index (κ3) is 3.00. The van der Waals surface area contributed by atoms with Crippen molar-refractivity contribution in [3.63, 3.8) is 0 Å². The predicted octanol–water partition coefficient (Wildman–Crippen LogP) is 4.25. The third-order valence-corrected chi connectivity index (χ3v) is 3.95. The first-order valence-corrected chi connectivity index (χ1v) is 7.40. The highest BCUT2D eigenvalue weighted by Gasteiger charge is 2.21. The molecule has 130 valence electrons. The Morgan fingerprint density at radius 3 is 2.32 bits per heavy atom. The molecule has 1 N–H and O–H groups in total. The Morgan fingerprint density at radius 2 is 1.76 bits per heavy atom. The maximum absolute atomic E-state index is 12.4. The molecule has 1 heterocycles. The zero-order valence-corrected chi connectivity index (χ0v) is 13.5. The van der Waals surface area contributed by atoms with Crippen molar-refractivity contribution in [2.75, 3.05) is 7.11 Å². The van der Waals surface area contributed by atoms with E-state index in [1.807, 2.05) is 0 Å². The summed E-state index contributed by atoms with van der Waals surface area (Å²) in [6, 6.07) is 11.4. The molecule has 2 aromatic carbocycles. The number of methoxy groups -OCH3 is 1. The van der Waals surface area contributed by atoms with Crippen LogP contribution in [-0.2, 0) is 0 Å². The number of hydrogen-bond donors (Lipinski definition) is 1.